The zero-order valence-corrected chi connectivity index (χ0v) is 20.5. The van der Waals surface area contributed by atoms with Gasteiger partial charge >= 0.3 is 0 Å². The summed E-state index contributed by atoms with van der Waals surface area (Å²) >= 11 is 3.48. The number of fused-ring (bicyclic) bond motifs is 1. The van der Waals surface area contributed by atoms with E-state index in [0.29, 0.717) is 17.9 Å². The molecular weight excluding hydrogens is 528 g/mol. The molecule has 0 fully saturated rings. The zero-order chi connectivity index (χ0) is 23.2. The van der Waals surface area contributed by atoms with E-state index in [0.717, 1.165) is 40.4 Å². The highest BCUT2D eigenvalue weighted by Gasteiger charge is 2.28. The average Bonchev–Trinajstić information content (AvgIpc) is 3.19. The number of anilines is 1. The molecule has 0 saturated heterocycles. The van der Waals surface area contributed by atoms with Crippen molar-refractivity contribution in [3.05, 3.63) is 88.3 Å². The Morgan fingerprint density at radius 2 is 1.88 bits per heavy atom. The van der Waals surface area contributed by atoms with E-state index in [1.165, 1.54) is 12.1 Å². The summed E-state index contributed by atoms with van der Waals surface area (Å²) in [6, 6.07) is 5.36. The molecule has 176 valence electrons. The predicted molar refractivity (Wildman–Crippen MR) is 132 cm³/mol. The third-order valence-electron chi connectivity index (χ3n) is 5.89. The molecule has 0 bridgehead atoms. The second-order valence-corrected chi connectivity index (χ2v) is 9.03. The SMILES string of the molecule is CC(N)(c1cnc(C2=CCN(c3ncnn4cc(Br)cc34)CC2)nc1)c1ccc(F)cc1F.Cl. The van der Waals surface area contributed by atoms with Crippen LogP contribution in [0.2, 0.25) is 0 Å². The molecule has 4 heterocycles. The standard InChI is InChI=1S/C23H20BrF2N7.ClH/c1-23(27,18-3-2-17(25)9-19(18)26)15-10-28-21(29-11-15)14-4-6-32(7-5-14)22-20-8-16(24)12-33(20)31-13-30-22;/h2-4,8-13H,5-7,27H2,1H3;1H. The molecule has 0 radical (unpaired) electrons. The Balaban J connectivity index is 0.00000274. The van der Waals surface area contributed by atoms with Crippen molar-refractivity contribution in [3.63, 3.8) is 0 Å². The van der Waals surface area contributed by atoms with Crippen molar-refractivity contribution < 1.29 is 8.78 Å². The summed E-state index contributed by atoms with van der Waals surface area (Å²) in [5.74, 6) is 0.117. The van der Waals surface area contributed by atoms with Gasteiger partial charge in [-0.05, 0) is 47.0 Å². The molecule has 0 amide bonds. The number of aromatic nitrogens is 5. The molecule has 1 atom stereocenters. The first-order chi connectivity index (χ1) is 15.8. The Bertz CT molecular complexity index is 1370. The van der Waals surface area contributed by atoms with Crippen molar-refractivity contribution in [2.24, 2.45) is 5.73 Å². The maximum atomic E-state index is 14.3. The van der Waals surface area contributed by atoms with Gasteiger partial charge in [-0.3, -0.25) is 0 Å². The van der Waals surface area contributed by atoms with Crippen LogP contribution in [0.25, 0.3) is 11.1 Å². The first kappa shape index (κ1) is 24.2. The topological polar surface area (TPSA) is 85.2 Å². The number of halogens is 4. The molecule has 0 saturated carbocycles. The van der Waals surface area contributed by atoms with Crippen molar-refractivity contribution in [1.82, 2.24) is 24.6 Å². The number of benzene rings is 1. The summed E-state index contributed by atoms with van der Waals surface area (Å²) in [5, 5.41) is 4.24. The fourth-order valence-corrected chi connectivity index (χ4v) is 4.43. The van der Waals surface area contributed by atoms with Crippen molar-refractivity contribution in [2.75, 3.05) is 18.0 Å². The van der Waals surface area contributed by atoms with E-state index in [-0.39, 0.29) is 18.0 Å². The van der Waals surface area contributed by atoms with Crippen molar-refractivity contribution in [2.45, 2.75) is 18.9 Å². The predicted octanol–water partition coefficient (Wildman–Crippen LogP) is 4.50. The highest BCUT2D eigenvalue weighted by Crippen LogP contribution is 2.30. The van der Waals surface area contributed by atoms with E-state index < -0.39 is 17.2 Å². The van der Waals surface area contributed by atoms with Crippen LogP contribution in [-0.4, -0.2) is 37.7 Å². The number of hydrogen-bond donors (Lipinski definition) is 1. The normalized spacial score (nSPS) is 15.6. The van der Waals surface area contributed by atoms with Crippen molar-refractivity contribution in [1.29, 1.82) is 0 Å². The van der Waals surface area contributed by atoms with Crippen LogP contribution in [0.1, 0.15) is 30.3 Å². The van der Waals surface area contributed by atoms with E-state index in [2.05, 4.69) is 47.0 Å². The third kappa shape index (κ3) is 4.40. The van der Waals surface area contributed by atoms with Crippen LogP contribution in [-0.2, 0) is 5.54 Å². The largest absolute Gasteiger partial charge is 0.351 e. The summed E-state index contributed by atoms with van der Waals surface area (Å²) in [5.41, 5.74) is 7.86. The van der Waals surface area contributed by atoms with Gasteiger partial charge in [-0.25, -0.2) is 28.2 Å². The van der Waals surface area contributed by atoms with Gasteiger partial charge in [-0.15, -0.1) is 12.4 Å². The molecule has 1 aliphatic rings. The van der Waals surface area contributed by atoms with Crippen molar-refractivity contribution in [3.8, 4) is 0 Å². The van der Waals surface area contributed by atoms with Gasteiger partial charge in [-0.1, -0.05) is 12.1 Å². The van der Waals surface area contributed by atoms with Crippen LogP contribution in [0.15, 0.2) is 59.7 Å². The maximum absolute atomic E-state index is 14.3. The highest BCUT2D eigenvalue weighted by atomic mass is 79.9. The smallest absolute Gasteiger partial charge is 0.156 e. The Labute approximate surface area is 209 Å². The van der Waals surface area contributed by atoms with E-state index in [1.54, 1.807) is 30.2 Å². The molecule has 11 heteroatoms. The van der Waals surface area contributed by atoms with E-state index in [4.69, 9.17) is 5.73 Å². The third-order valence-corrected chi connectivity index (χ3v) is 6.32. The molecule has 34 heavy (non-hydrogen) atoms. The Morgan fingerprint density at radius 3 is 2.56 bits per heavy atom. The molecule has 5 rings (SSSR count). The van der Waals surface area contributed by atoms with Crippen LogP contribution < -0.4 is 10.6 Å². The molecule has 3 aromatic heterocycles. The summed E-state index contributed by atoms with van der Waals surface area (Å²) in [6.07, 6.45) is 9.46. The Morgan fingerprint density at radius 1 is 1.12 bits per heavy atom. The quantitative estimate of drug-likeness (QED) is 0.404. The van der Waals surface area contributed by atoms with Gasteiger partial charge in [0.05, 0.1) is 5.54 Å². The lowest BCUT2D eigenvalue weighted by atomic mass is 9.87. The maximum Gasteiger partial charge on any atom is 0.156 e. The minimum atomic E-state index is -1.20. The lowest BCUT2D eigenvalue weighted by Crippen LogP contribution is -2.35. The number of rotatable bonds is 4. The Kier molecular flexibility index (Phi) is 6.66. The van der Waals surface area contributed by atoms with Gasteiger partial charge < -0.3 is 10.6 Å². The number of hydrogen-bond acceptors (Lipinski definition) is 6. The molecule has 7 nitrogen and oxygen atoms in total. The van der Waals surface area contributed by atoms with Gasteiger partial charge in [0.15, 0.2) is 11.6 Å². The molecule has 2 N–H and O–H groups in total. The highest BCUT2D eigenvalue weighted by molar-refractivity contribution is 9.10. The van der Waals surface area contributed by atoms with Crippen LogP contribution >= 0.6 is 28.3 Å². The number of nitrogens with two attached hydrogens (primary N) is 1. The minimum Gasteiger partial charge on any atom is -0.351 e. The van der Waals surface area contributed by atoms with Gasteiger partial charge in [-0.2, -0.15) is 5.10 Å². The summed E-state index contributed by atoms with van der Waals surface area (Å²) < 4.78 is 30.3. The van der Waals surface area contributed by atoms with Gasteiger partial charge in [0.2, 0.25) is 0 Å². The van der Waals surface area contributed by atoms with E-state index in [1.807, 2.05) is 12.3 Å². The van der Waals surface area contributed by atoms with E-state index >= 15 is 0 Å². The lowest BCUT2D eigenvalue weighted by molar-refractivity contribution is 0.515. The summed E-state index contributed by atoms with van der Waals surface area (Å²) in [7, 11) is 0. The van der Waals surface area contributed by atoms with Crippen LogP contribution in [0.3, 0.4) is 0 Å². The molecule has 1 aliphatic heterocycles. The van der Waals surface area contributed by atoms with E-state index in [9.17, 15) is 8.78 Å². The molecular formula is C23H21BrClF2N7. The molecule has 1 unspecified atom stereocenters. The second-order valence-electron chi connectivity index (χ2n) is 8.12. The van der Waals surface area contributed by atoms with Gasteiger partial charge in [0, 0.05) is 53.3 Å². The molecule has 4 aromatic rings. The van der Waals surface area contributed by atoms with Crippen LogP contribution in [0, 0.1) is 11.6 Å². The fraction of sp³-hybridized carbons (Fsp3) is 0.217. The van der Waals surface area contributed by atoms with Gasteiger partial charge in [0.1, 0.15) is 23.5 Å². The zero-order valence-electron chi connectivity index (χ0n) is 18.1. The fourth-order valence-electron chi connectivity index (χ4n) is 4.02. The van der Waals surface area contributed by atoms with Gasteiger partial charge in [0.25, 0.3) is 0 Å². The van der Waals surface area contributed by atoms with Crippen LogP contribution in [0.4, 0.5) is 14.6 Å². The molecule has 0 spiro atoms. The monoisotopic (exact) mass is 547 g/mol. The molecule has 1 aromatic carbocycles. The Hall–Kier alpha value is -2.95. The first-order valence-corrected chi connectivity index (χ1v) is 11.1. The summed E-state index contributed by atoms with van der Waals surface area (Å²) in [6.45, 7) is 3.06. The van der Waals surface area contributed by atoms with Crippen LogP contribution in [0.5, 0.6) is 0 Å². The first-order valence-electron chi connectivity index (χ1n) is 10.3. The second kappa shape index (κ2) is 9.36. The number of nitrogens with zero attached hydrogens (tertiary/aromatic N) is 6. The molecule has 0 aliphatic carbocycles. The minimum absolute atomic E-state index is 0. The summed E-state index contributed by atoms with van der Waals surface area (Å²) in [4.78, 5) is 15.6. The lowest BCUT2D eigenvalue weighted by Gasteiger charge is -2.28. The van der Waals surface area contributed by atoms with Crippen molar-refractivity contribution >= 4 is 45.2 Å². The average molecular weight is 549 g/mol.